The molecule has 28 heavy (non-hydrogen) atoms. The van der Waals surface area contributed by atoms with E-state index in [1.807, 2.05) is 30.3 Å². The second kappa shape index (κ2) is 9.67. The van der Waals surface area contributed by atoms with Gasteiger partial charge in [-0.2, -0.15) is 0 Å². The van der Waals surface area contributed by atoms with Crippen LogP contribution in [0.25, 0.3) is 20.2 Å². The normalized spacial score (nSPS) is 10.9. The number of thiophene rings is 2. The smallest absolute Gasteiger partial charge is 0.137 e. The first kappa shape index (κ1) is 21.7. The first-order valence-electron chi connectivity index (χ1n) is 8.28. The van der Waals surface area contributed by atoms with Crippen LogP contribution < -0.4 is 4.74 Å². The molecule has 0 amide bonds. The molecule has 0 atom stereocenters. The third-order valence-electron chi connectivity index (χ3n) is 3.99. The van der Waals surface area contributed by atoms with Gasteiger partial charge in [-0.05, 0) is 68.7 Å². The van der Waals surface area contributed by atoms with E-state index in [1.54, 1.807) is 18.4 Å². The van der Waals surface area contributed by atoms with Crippen LogP contribution in [0.3, 0.4) is 0 Å². The Morgan fingerprint density at radius 3 is 1.96 bits per heavy atom. The maximum absolute atomic E-state index is 9.08. The highest BCUT2D eigenvalue weighted by Gasteiger charge is 2.08. The minimum absolute atomic E-state index is 0.00337. The molecule has 0 saturated carbocycles. The number of benzene rings is 2. The van der Waals surface area contributed by atoms with E-state index in [-0.39, 0.29) is 19.8 Å². The maximum Gasteiger partial charge on any atom is 0.137 e. The zero-order valence-electron chi connectivity index (χ0n) is 14.9. The second-order valence-electron chi connectivity index (χ2n) is 5.92. The minimum Gasteiger partial charge on any atom is -0.495 e. The molecular formula is C20H18Br2O4S2. The number of fused-ring (bicyclic) bond motifs is 2. The van der Waals surface area contributed by atoms with Crippen molar-refractivity contribution in [2.45, 2.75) is 19.8 Å². The Bertz CT molecular complexity index is 1100. The van der Waals surface area contributed by atoms with Crippen molar-refractivity contribution in [3.8, 4) is 5.75 Å². The highest BCUT2D eigenvalue weighted by molar-refractivity contribution is 9.11. The van der Waals surface area contributed by atoms with E-state index in [0.29, 0.717) is 0 Å². The van der Waals surface area contributed by atoms with Gasteiger partial charge in [0.1, 0.15) is 5.75 Å². The van der Waals surface area contributed by atoms with E-state index in [1.165, 1.54) is 16.0 Å². The number of aliphatic hydroxyl groups is 3. The number of hydrogen-bond acceptors (Lipinski definition) is 6. The molecule has 4 rings (SSSR count). The van der Waals surface area contributed by atoms with E-state index in [2.05, 4.69) is 37.9 Å². The summed E-state index contributed by atoms with van der Waals surface area (Å²) in [4.78, 5) is 1.90. The summed E-state index contributed by atoms with van der Waals surface area (Å²) in [5.74, 6) is 0.751. The molecule has 3 N–H and O–H groups in total. The quantitative estimate of drug-likeness (QED) is 0.302. The fraction of sp³-hybridized carbons (Fsp3) is 0.200. The molecule has 2 aromatic carbocycles. The summed E-state index contributed by atoms with van der Waals surface area (Å²) in [7, 11) is 1.61. The molecule has 2 heterocycles. The number of halogens is 2. The van der Waals surface area contributed by atoms with Gasteiger partial charge in [-0.3, -0.25) is 0 Å². The summed E-state index contributed by atoms with van der Waals surface area (Å²) in [5.41, 5.74) is 0.821. The summed E-state index contributed by atoms with van der Waals surface area (Å²) in [6.45, 7) is 0.150. The number of aliphatic hydroxyl groups excluding tert-OH is 3. The van der Waals surface area contributed by atoms with Crippen molar-refractivity contribution in [1.29, 1.82) is 0 Å². The molecule has 2 aromatic heterocycles. The Balaban J connectivity index is 0.000000162. The van der Waals surface area contributed by atoms with Crippen LogP contribution in [0.2, 0.25) is 0 Å². The molecular weight excluding hydrogens is 528 g/mol. The standard InChI is InChI=1S/C11H12O3S.C9H6Br2OS/c1-14-10-3-7(5-12)2-8-4-9(6-13)15-11(8)10;10-6-1-5-2-7(4-12)13-9(5)8(11)3-6/h2-4,12-13H,5-6H2,1H3;1-3,12H,4H2. The first-order valence-corrected chi connectivity index (χ1v) is 11.5. The fourth-order valence-corrected chi connectivity index (χ4v) is 6.16. The van der Waals surface area contributed by atoms with Gasteiger partial charge in [0.2, 0.25) is 0 Å². The topological polar surface area (TPSA) is 69.9 Å². The number of rotatable bonds is 4. The van der Waals surface area contributed by atoms with Crippen molar-refractivity contribution in [1.82, 2.24) is 0 Å². The summed E-state index contributed by atoms with van der Waals surface area (Å²) in [6.07, 6.45) is 0. The Hall–Kier alpha value is -1.000. The molecule has 0 aliphatic carbocycles. The van der Waals surface area contributed by atoms with Gasteiger partial charge in [0, 0.05) is 23.4 Å². The third kappa shape index (κ3) is 4.76. The fourth-order valence-electron chi connectivity index (χ4n) is 2.76. The van der Waals surface area contributed by atoms with Crippen LogP contribution in [0.5, 0.6) is 5.75 Å². The molecule has 4 nitrogen and oxygen atoms in total. The molecule has 0 spiro atoms. The van der Waals surface area contributed by atoms with Gasteiger partial charge in [0.15, 0.2) is 0 Å². The van der Waals surface area contributed by atoms with Crippen LogP contribution in [0.4, 0.5) is 0 Å². The Morgan fingerprint density at radius 2 is 1.39 bits per heavy atom. The lowest BCUT2D eigenvalue weighted by molar-refractivity contribution is 0.281. The van der Waals surface area contributed by atoms with Crippen molar-refractivity contribution >= 4 is 74.7 Å². The molecule has 0 aliphatic heterocycles. The van der Waals surface area contributed by atoms with E-state index < -0.39 is 0 Å². The van der Waals surface area contributed by atoms with Gasteiger partial charge in [0.25, 0.3) is 0 Å². The molecule has 0 radical (unpaired) electrons. The molecule has 4 aromatic rings. The van der Waals surface area contributed by atoms with Crippen molar-refractivity contribution in [2.75, 3.05) is 7.11 Å². The van der Waals surface area contributed by atoms with Crippen molar-refractivity contribution in [3.63, 3.8) is 0 Å². The lowest BCUT2D eigenvalue weighted by Gasteiger charge is -2.03. The average Bonchev–Trinajstić information content (AvgIpc) is 3.31. The molecule has 0 unspecified atom stereocenters. The van der Waals surface area contributed by atoms with Crippen LogP contribution in [0.1, 0.15) is 15.3 Å². The number of ether oxygens (including phenoxy) is 1. The monoisotopic (exact) mass is 544 g/mol. The lowest BCUT2D eigenvalue weighted by atomic mass is 10.1. The third-order valence-corrected chi connectivity index (χ3v) is 7.66. The maximum atomic E-state index is 9.08. The van der Waals surface area contributed by atoms with Crippen molar-refractivity contribution in [3.05, 3.63) is 60.7 Å². The summed E-state index contributed by atoms with van der Waals surface area (Å²) < 4.78 is 9.57. The number of methoxy groups -OCH3 is 1. The van der Waals surface area contributed by atoms with Gasteiger partial charge < -0.3 is 20.1 Å². The van der Waals surface area contributed by atoms with Gasteiger partial charge in [0.05, 0.1) is 31.6 Å². The van der Waals surface area contributed by atoms with Crippen molar-refractivity contribution < 1.29 is 20.1 Å². The predicted octanol–water partition coefficient (Wildman–Crippen LogP) is 5.81. The van der Waals surface area contributed by atoms with Gasteiger partial charge in [-0.15, -0.1) is 22.7 Å². The van der Waals surface area contributed by atoms with Gasteiger partial charge in [-0.25, -0.2) is 0 Å². The highest BCUT2D eigenvalue weighted by Crippen LogP contribution is 2.35. The predicted molar refractivity (Wildman–Crippen MR) is 123 cm³/mol. The van der Waals surface area contributed by atoms with E-state index in [0.717, 1.165) is 45.5 Å². The summed E-state index contributed by atoms with van der Waals surface area (Å²) >= 11 is 10.0. The lowest BCUT2D eigenvalue weighted by Crippen LogP contribution is -1.87. The molecule has 0 bridgehead atoms. The van der Waals surface area contributed by atoms with Crippen LogP contribution >= 0.6 is 54.5 Å². The van der Waals surface area contributed by atoms with Crippen LogP contribution in [-0.2, 0) is 19.8 Å². The molecule has 0 fully saturated rings. The van der Waals surface area contributed by atoms with E-state index >= 15 is 0 Å². The van der Waals surface area contributed by atoms with E-state index in [4.69, 9.17) is 20.1 Å². The number of hydrogen-bond donors (Lipinski definition) is 3. The average molecular weight is 546 g/mol. The molecule has 148 valence electrons. The van der Waals surface area contributed by atoms with Crippen molar-refractivity contribution in [2.24, 2.45) is 0 Å². The van der Waals surface area contributed by atoms with Crippen LogP contribution in [-0.4, -0.2) is 22.4 Å². The van der Waals surface area contributed by atoms with Gasteiger partial charge >= 0.3 is 0 Å². The largest absolute Gasteiger partial charge is 0.495 e. The minimum atomic E-state index is -0.00337. The molecule has 0 aliphatic rings. The Morgan fingerprint density at radius 1 is 0.786 bits per heavy atom. The summed E-state index contributed by atoms with van der Waals surface area (Å²) in [5, 5.41) is 29.3. The zero-order valence-corrected chi connectivity index (χ0v) is 19.7. The van der Waals surface area contributed by atoms with Crippen LogP contribution in [0, 0.1) is 0 Å². The Kier molecular flexibility index (Phi) is 7.49. The zero-order chi connectivity index (χ0) is 20.3. The van der Waals surface area contributed by atoms with Gasteiger partial charge in [-0.1, -0.05) is 15.9 Å². The molecule has 0 saturated heterocycles. The SMILES string of the molecule is COc1cc(CO)cc2cc(CO)sc12.OCc1cc2cc(Br)cc(Br)c2s1. The molecule has 8 heteroatoms. The highest BCUT2D eigenvalue weighted by atomic mass is 79.9. The first-order chi connectivity index (χ1) is 13.5. The Labute approximate surface area is 187 Å². The van der Waals surface area contributed by atoms with Crippen LogP contribution in [0.15, 0.2) is 45.3 Å². The van der Waals surface area contributed by atoms with E-state index in [9.17, 15) is 0 Å². The second-order valence-corrected chi connectivity index (χ2v) is 9.97. The summed E-state index contributed by atoms with van der Waals surface area (Å²) in [6, 6.07) is 11.7.